The van der Waals surface area contributed by atoms with Gasteiger partial charge in [-0.3, -0.25) is 0 Å². The minimum absolute atomic E-state index is 0.518. The van der Waals surface area contributed by atoms with Crippen LogP contribution in [0.4, 0.5) is 11.4 Å². The first-order valence-electron chi connectivity index (χ1n) is 13.3. The van der Waals surface area contributed by atoms with Crippen LogP contribution in [0.2, 0.25) is 0 Å². The number of anilines is 2. The Balaban J connectivity index is 1.09. The number of hydrogen-bond acceptors (Lipinski definition) is 5. The Morgan fingerprint density at radius 3 is 1.44 bits per heavy atom. The molecule has 0 spiro atoms. The molecule has 2 aliphatic rings. The van der Waals surface area contributed by atoms with Crippen LogP contribution in [0.1, 0.15) is 36.1 Å². The number of ether oxygens (including phenoxy) is 3. The Bertz CT molecular complexity index is 1390. The lowest BCUT2D eigenvalue weighted by molar-refractivity contribution is 0.288. The van der Waals surface area contributed by atoms with Gasteiger partial charge in [0, 0.05) is 46.7 Å². The number of nitrogens with zero attached hydrogens (tertiary/aromatic N) is 2. The van der Waals surface area contributed by atoms with Crippen LogP contribution in [0.3, 0.4) is 0 Å². The van der Waals surface area contributed by atoms with Crippen LogP contribution < -0.4 is 24.0 Å². The molecule has 0 fully saturated rings. The van der Waals surface area contributed by atoms with Gasteiger partial charge in [-0.25, -0.2) is 0 Å². The minimum Gasteiger partial charge on any atom is -0.472 e. The van der Waals surface area contributed by atoms with E-state index in [1.165, 1.54) is 11.1 Å². The number of para-hydroxylation sites is 2. The third kappa shape index (κ3) is 5.21. The molecule has 0 saturated heterocycles. The maximum Gasteiger partial charge on any atom is 0.161 e. The van der Waals surface area contributed by atoms with Crippen LogP contribution >= 0.6 is 0 Å². The Morgan fingerprint density at radius 2 is 1.03 bits per heavy atom. The molecule has 0 N–H and O–H groups in total. The van der Waals surface area contributed by atoms with Crippen LogP contribution in [0, 0.1) is 0 Å². The van der Waals surface area contributed by atoms with Crippen molar-refractivity contribution in [1.29, 1.82) is 0 Å². The predicted molar refractivity (Wildman–Crippen MR) is 159 cm³/mol. The second-order valence-electron chi connectivity index (χ2n) is 9.70. The van der Waals surface area contributed by atoms with E-state index >= 15 is 0 Å². The monoisotopic (exact) mass is 516 g/mol. The van der Waals surface area contributed by atoms with Crippen molar-refractivity contribution < 1.29 is 14.2 Å². The van der Waals surface area contributed by atoms with Gasteiger partial charge in [0.2, 0.25) is 0 Å². The fourth-order valence-corrected chi connectivity index (χ4v) is 5.14. The highest BCUT2D eigenvalue weighted by atomic mass is 16.5. The first-order valence-corrected chi connectivity index (χ1v) is 13.3. The van der Waals surface area contributed by atoms with E-state index in [9.17, 15) is 0 Å². The highest BCUT2D eigenvalue weighted by molar-refractivity contribution is 5.63. The summed E-state index contributed by atoms with van der Waals surface area (Å²) in [6, 6.07) is 29.0. The van der Waals surface area contributed by atoms with Crippen LogP contribution in [0.25, 0.3) is 12.2 Å². The van der Waals surface area contributed by atoms with Gasteiger partial charge < -0.3 is 24.0 Å². The fourth-order valence-electron chi connectivity index (χ4n) is 5.14. The first-order chi connectivity index (χ1) is 19.2. The lowest BCUT2D eigenvalue weighted by Crippen LogP contribution is -2.32. The second kappa shape index (κ2) is 11.0. The number of rotatable bonds is 6. The van der Waals surface area contributed by atoms with Gasteiger partial charge in [0.1, 0.15) is 23.0 Å². The Hall–Kier alpha value is -4.64. The van der Waals surface area contributed by atoms with Crippen molar-refractivity contribution >= 4 is 23.5 Å². The van der Waals surface area contributed by atoms with Crippen LogP contribution in [0.15, 0.2) is 97.1 Å². The summed E-state index contributed by atoms with van der Waals surface area (Å²) < 4.78 is 18.4. The van der Waals surface area contributed by atoms with E-state index in [4.69, 9.17) is 14.2 Å². The summed E-state index contributed by atoms with van der Waals surface area (Å²) in [6.45, 7) is 6.70. The Labute approximate surface area is 230 Å². The SMILES string of the molecule is C/C=C/c1cccc2c1OCN(c1ccc(Oc3ccc(N4COc5c(/C=C/C)cccc5C4)cc3)cc1)C2. The molecule has 5 heteroatoms. The fraction of sp³-hybridized carbons (Fsp3) is 0.176. The molecule has 0 unspecified atom stereocenters. The third-order valence-electron chi connectivity index (χ3n) is 7.04. The van der Waals surface area contributed by atoms with Gasteiger partial charge >= 0.3 is 0 Å². The van der Waals surface area contributed by atoms with E-state index in [2.05, 4.69) is 82.6 Å². The topological polar surface area (TPSA) is 34.2 Å². The molecular formula is C34H32N2O3. The van der Waals surface area contributed by atoms with Crippen LogP contribution in [0.5, 0.6) is 23.0 Å². The largest absolute Gasteiger partial charge is 0.472 e. The summed E-state index contributed by atoms with van der Waals surface area (Å²) in [6.07, 6.45) is 8.26. The summed E-state index contributed by atoms with van der Waals surface area (Å²) in [5.74, 6) is 3.56. The number of benzene rings is 4. The molecule has 39 heavy (non-hydrogen) atoms. The highest BCUT2D eigenvalue weighted by Crippen LogP contribution is 2.35. The molecule has 2 aliphatic heterocycles. The molecular weight excluding hydrogens is 484 g/mol. The molecule has 0 radical (unpaired) electrons. The van der Waals surface area contributed by atoms with Crippen LogP contribution in [-0.4, -0.2) is 13.5 Å². The summed E-state index contributed by atoms with van der Waals surface area (Å²) in [5.41, 5.74) is 6.84. The van der Waals surface area contributed by atoms with Gasteiger partial charge in [-0.2, -0.15) is 0 Å². The molecule has 0 amide bonds. The molecule has 0 aromatic heterocycles. The van der Waals surface area contributed by atoms with E-state index in [1.807, 2.05) is 50.3 Å². The standard InChI is InChI=1S/C34H32N2O3/c1-3-7-25-9-5-11-27-21-35(23-37-33(25)27)29-13-17-31(18-14-29)39-32-19-15-30(16-20-32)36-22-28-12-6-10-26(8-4-2)34(28)38-24-36/h3-20H,21-24H2,1-2H3/b7-3+,8-4+. The molecule has 0 saturated carbocycles. The zero-order valence-corrected chi connectivity index (χ0v) is 22.3. The minimum atomic E-state index is 0.518. The molecule has 196 valence electrons. The van der Waals surface area contributed by atoms with E-state index in [0.717, 1.165) is 58.6 Å². The van der Waals surface area contributed by atoms with Gasteiger partial charge in [0.15, 0.2) is 13.5 Å². The van der Waals surface area contributed by atoms with Crippen molar-refractivity contribution in [2.45, 2.75) is 26.9 Å². The summed E-state index contributed by atoms with van der Waals surface area (Å²) in [4.78, 5) is 4.45. The molecule has 0 bridgehead atoms. The van der Waals surface area contributed by atoms with Crippen molar-refractivity contribution in [3.8, 4) is 23.0 Å². The van der Waals surface area contributed by atoms with E-state index in [-0.39, 0.29) is 0 Å². The maximum absolute atomic E-state index is 6.15. The maximum atomic E-state index is 6.15. The Kier molecular flexibility index (Phi) is 6.96. The molecule has 2 heterocycles. The normalized spacial score (nSPS) is 14.6. The van der Waals surface area contributed by atoms with Gasteiger partial charge in [-0.05, 0) is 62.4 Å². The van der Waals surface area contributed by atoms with Crippen molar-refractivity contribution in [1.82, 2.24) is 0 Å². The highest BCUT2D eigenvalue weighted by Gasteiger charge is 2.21. The molecule has 4 aromatic rings. The summed E-state index contributed by atoms with van der Waals surface area (Å²) in [5, 5.41) is 0. The van der Waals surface area contributed by atoms with Gasteiger partial charge in [0.25, 0.3) is 0 Å². The Morgan fingerprint density at radius 1 is 0.590 bits per heavy atom. The van der Waals surface area contributed by atoms with E-state index in [1.54, 1.807) is 0 Å². The predicted octanol–water partition coefficient (Wildman–Crippen LogP) is 8.26. The van der Waals surface area contributed by atoms with Crippen LogP contribution in [-0.2, 0) is 13.1 Å². The molecule has 5 nitrogen and oxygen atoms in total. The zero-order valence-electron chi connectivity index (χ0n) is 22.3. The number of fused-ring (bicyclic) bond motifs is 2. The zero-order chi connectivity index (χ0) is 26.6. The van der Waals surface area contributed by atoms with E-state index < -0.39 is 0 Å². The van der Waals surface area contributed by atoms with Gasteiger partial charge in [-0.15, -0.1) is 0 Å². The smallest absolute Gasteiger partial charge is 0.161 e. The van der Waals surface area contributed by atoms with Crippen molar-refractivity contribution in [2.24, 2.45) is 0 Å². The molecule has 0 atom stereocenters. The lowest BCUT2D eigenvalue weighted by atomic mass is 10.1. The average molecular weight is 517 g/mol. The first kappa shape index (κ1) is 24.7. The quantitative estimate of drug-likeness (QED) is 0.258. The molecule has 0 aliphatic carbocycles. The van der Waals surface area contributed by atoms with Gasteiger partial charge in [-0.1, -0.05) is 60.7 Å². The van der Waals surface area contributed by atoms with Gasteiger partial charge in [0.05, 0.1) is 0 Å². The summed E-state index contributed by atoms with van der Waals surface area (Å²) in [7, 11) is 0. The number of allylic oxidation sites excluding steroid dienone is 2. The van der Waals surface area contributed by atoms with Crippen molar-refractivity contribution in [3.05, 3.63) is 119 Å². The second-order valence-corrected chi connectivity index (χ2v) is 9.70. The average Bonchev–Trinajstić information content (AvgIpc) is 2.98. The molecule has 6 rings (SSSR count). The summed E-state index contributed by atoms with van der Waals surface area (Å²) >= 11 is 0. The lowest BCUT2D eigenvalue weighted by Gasteiger charge is -2.32. The molecule has 4 aromatic carbocycles. The van der Waals surface area contributed by atoms with Crippen molar-refractivity contribution in [3.63, 3.8) is 0 Å². The van der Waals surface area contributed by atoms with Crippen molar-refractivity contribution in [2.75, 3.05) is 23.3 Å². The third-order valence-corrected chi connectivity index (χ3v) is 7.04. The van der Waals surface area contributed by atoms with E-state index in [0.29, 0.717) is 13.5 Å². The number of hydrogen-bond donors (Lipinski definition) is 0.